The highest BCUT2D eigenvalue weighted by molar-refractivity contribution is 7.25. The van der Waals surface area contributed by atoms with Gasteiger partial charge < -0.3 is 9.47 Å². The summed E-state index contributed by atoms with van der Waals surface area (Å²) in [5.74, 6) is 0. The number of hydrogen-bond donors (Lipinski definition) is 0. The molecule has 0 spiro atoms. The van der Waals surface area contributed by atoms with Crippen LogP contribution in [0.15, 0.2) is 182 Å². The normalized spacial score (nSPS) is 11.6. The van der Waals surface area contributed by atoms with Crippen LogP contribution in [0.25, 0.3) is 69.9 Å². The zero-order valence-corrected chi connectivity index (χ0v) is 31.1. The molecule has 3 heteroatoms. The summed E-state index contributed by atoms with van der Waals surface area (Å²) >= 11 is 1.87. The number of fused-ring (bicyclic) bond motifs is 6. The van der Waals surface area contributed by atoms with Crippen LogP contribution < -0.4 is 4.90 Å². The first-order chi connectivity index (χ1) is 26.6. The van der Waals surface area contributed by atoms with Gasteiger partial charge in [-0.2, -0.15) is 0 Å². The molecule has 0 aliphatic rings. The largest absolute Gasteiger partial charge is 0.310 e. The zero-order chi connectivity index (χ0) is 36.2. The summed E-state index contributed by atoms with van der Waals surface area (Å²) in [4.78, 5) is 2.38. The predicted molar refractivity (Wildman–Crippen MR) is 233 cm³/mol. The Balaban J connectivity index is 1.06. The van der Waals surface area contributed by atoms with Gasteiger partial charge in [0.05, 0.1) is 11.0 Å². The van der Waals surface area contributed by atoms with E-state index >= 15 is 0 Å². The monoisotopic (exact) mass is 710 g/mol. The van der Waals surface area contributed by atoms with Crippen molar-refractivity contribution in [3.63, 3.8) is 0 Å². The van der Waals surface area contributed by atoms with Crippen molar-refractivity contribution in [2.75, 3.05) is 4.90 Å². The van der Waals surface area contributed by atoms with Gasteiger partial charge in [-0.25, -0.2) is 0 Å². The summed E-state index contributed by atoms with van der Waals surface area (Å²) in [7, 11) is 0. The van der Waals surface area contributed by atoms with Crippen molar-refractivity contribution in [2.45, 2.75) is 20.3 Å². The predicted octanol–water partition coefficient (Wildman–Crippen LogP) is 14.8. The lowest BCUT2D eigenvalue weighted by Gasteiger charge is -2.26. The average Bonchev–Trinajstić information content (AvgIpc) is 3.77. The third-order valence-corrected chi connectivity index (χ3v) is 11.9. The number of aromatic nitrogens is 1. The van der Waals surface area contributed by atoms with E-state index in [1.807, 2.05) is 11.3 Å². The van der Waals surface area contributed by atoms with E-state index in [1.54, 1.807) is 0 Å². The van der Waals surface area contributed by atoms with Gasteiger partial charge in [0, 0.05) is 53.7 Å². The molecule has 8 aromatic carbocycles. The molecule has 0 unspecified atom stereocenters. The number of aryl methyl sites for hydroxylation is 2. The van der Waals surface area contributed by atoms with Crippen LogP contribution in [0.5, 0.6) is 0 Å². The first kappa shape index (κ1) is 32.2. The van der Waals surface area contributed by atoms with E-state index in [2.05, 4.69) is 205 Å². The quantitative estimate of drug-likeness (QED) is 0.160. The fraction of sp³-hybridized carbons (Fsp3) is 0.0588. The van der Waals surface area contributed by atoms with Gasteiger partial charge in [-0.15, -0.1) is 11.3 Å². The number of rotatable bonds is 7. The van der Waals surface area contributed by atoms with Crippen molar-refractivity contribution in [3.8, 4) is 27.9 Å². The number of benzene rings is 8. The van der Waals surface area contributed by atoms with Gasteiger partial charge in [-0.3, -0.25) is 0 Å². The molecule has 258 valence electrons. The van der Waals surface area contributed by atoms with E-state index in [0.29, 0.717) is 0 Å². The highest BCUT2D eigenvalue weighted by atomic mass is 32.1. The van der Waals surface area contributed by atoms with Crippen LogP contribution in [-0.2, 0) is 6.42 Å². The maximum atomic E-state index is 2.41. The summed E-state index contributed by atoms with van der Waals surface area (Å²) in [5, 5.41) is 5.20. The molecular formula is C51H38N2S. The second-order valence-electron chi connectivity index (χ2n) is 14.2. The van der Waals surface area contributed by atoms with Crippen LogP contribution >= 0.6 is 11.3 Å². The fourth-order valence-electron chi connectivity index (χ4n) is 8.14. The maximum absolute atomic E-state index is 2.41. The molecule has 0 bridgehead atoms. The Morgan fingerprint density at radius 2 is 1.17 bits per heavy atom. The van der Waals surface area contributed by atoms with Gasteiger partial charge in [-0.1, -0.05) is 116 Å². The SMILES string of the molecule is CCc1ccc(N(c2ccc(-c3cccc(-n4c5ccccc5c5ccc(C)cc54)c3)cc2)c2cccc(-c3cccc4sc5ccccc5c34)c2)cc1. The zero-order valence-electron chi connectivity index (χ0n) is 30.3. The topological polar surface area (TPSA) is 8.17 Å². The summed E-state index contributed by atoms with van der Waals surface area (Å²) in [6.07, 6.45) is 1.01. The van der Waals surface area contributed by atoms with Crippen LogP contribution in [0.2, 0.25) is 0 Å². The van der Waals surface area contributed by atoms with Crippen molar-refractivity contribution in [1.29, 1.82) is 0 Å². The Hall–Kier alpha value is -6.42. The molecule has 0 aliphatic heterocycles. The standard InChI is InChI=1S/C51H38N2S/c1-3-35-22-26-39(27-23-35)52(41-13-9-12-38(33-41)43-17-10-20-50-51(43)46-16-5-7-19-49(46)54-50)40-28-24-36(25-29-40)37-11-8-14-42(32-37)53-47-18-6-4-15-44(47)45-30-21-34(2)31-48(45)53/h4-33H,3H2,1-2H3. The first-order valence-electron chi connectivity index (χ1n) is 18.7. The molecule has 54 heavy (non-hydrogen) atoms. The molecule has 0 radical (unpaired) electrons. The molecule has 2 nitrogen and oxygen atoms in total. The van der Waals surface area contributed by atoms with Crippen LogP contribution in [0.1, 0.15) is 18.1 Å². The van der Waals surface area contributed by atoms with Gasteiger partial charge in [-0.05, 0) is 120 Å². The second-order valence-corrected chi connectivity index (χ2v) is 15.2. The van der Waals surface area contributed by atoms with Gasteiger partial charge in [0.1, 0.15) is 0 Å². The molecule has 10 aromatic rings. The van der Waals surface area contributed by atoms with Crippen molar-refractivity contribution in [3.05, 3.63) is 193 Å². The second kappa shape index (κ2) is 13.2. The minimum atomic E-state index is 1.01. The van der Waals surface area contributed by atoms with E-state index in [9.17, 15) is 0 Å². The number of anilines is 3. The Morgan fingerprint density at radius 3 is 2.00 bits per heavy atom. The van der Waals surface area contributed by atoms with Crippen LogP contribution in [0.4, 0.5) is 17.1 Å². The molecule has 0 amide bonds. The summed E-state index contributed by atoms with van der Waals surface area (Å²) in [6, 6.07) is 67.0. The van der Waals surface area contributed by atoms with Crippen molar-refractivity contribution < 1.29 is 0 Å². The lowest BCUT2D eigenvalue weighted by molar-refractivity contribution is 1.14. The first-order valence-corrected chi connectivity index (χ1v) is 19.5. The Bertz CT molecular complexity index is 2980. The lowest BCUT2D eigenvalue weighted by Crippen LogP contribution is -2.10. The minimum absolute atomic E-state index is 1.01. The number of para-hydroxylation sites is 1. The van der Waals surface area contributed by atoms with Gasteiger partial charge in [0.2, 0.25) is 0 Å². The molecule has 10 rings (SSSR count). The van der Waals surface area contributed by atoms with Gasteiger partial charge >= 0.3 is 0 Å². The lowest BCUT2D eigenvalue weighted by atomic mass is 9.98. The van der Waals surface area contributed by atoms with Crippen LogP contribution in [0, 0.1) is 6.92 Å². The van der Waals surface area contributed by atoms with E-state index < -0.39 is 0 Å². The van der Waals surface area contributed by atoms with E-state index in [4.69, 9.17) is 0 Å². The Labute approximate surface area is 319 Å². The molecule has 0 aliphatic carbocycles. The average molecular weight is 711 g/mol. The molecule has 0 fully saturated rings. The van der Waals surface area contributed by atoms with Gasteiger partial charge in [0.15, 0.2) is 0 Å². The third kappa shape index (κ3) is 5.48. The third-order valence-electron chi connectivity index (χ3n) is 10.8. The summed E-state index contributed by atoms with van der Waals surface area (Å²) < 4.78 is 5.05. The summed E-state index contributed by atoms with van der Waals surface area (Å²) in [6.45, 7) is 4.38. The van der Waals surface area contributed by atoms with E-state index in [1.165, 1.54) is 75.4 Å². The van der Waals surface area contributed by atoms with Crippen LogP contribution in [-0.4, -0.2) is 4.57 Å². The highest BCUT2D eigenvalue weighted by Gasteiger charge is 2.17. The smallest absolute Gasteiger partial charge is 0.0543 e. The number of thiophene rings is 1. The molecule has 0 saturated heterocycles. The van der Waals surface area contributed by atoms with Crippen molar-refractivity contribution >= 4 is 70.4 Å². The molecule has 0 saturated carbocycles. The van der Waals surface area contributed by atoms with E-state index in [-0.39, 0.29) is 0 Å². The maximum Gasteiger partial charge on any atom is 0.0543 e. The number of nitrogens with zero attached hydrogens (tertiary/aromatic N) is 2. The minimum Gasteiger partial charge on any atom is -0.310 e. The van der Waals surface area contributed by atoms with Gasteiger partial charge in [0.25, 0.3) is 0 Å². The molecule has 2 heterocycles. The Kier molecular flexibility index (Phi) is 7.89. The molecule has 0 atom stereocenters. The molecule has 2 aromatic heterocycles. The van der Waals surface area contributed by atoms with Crippen molar-refractivity contribution in [2.24, 2.45) is 0 Å². The molecular weight excluding hydrogens is 673 g/mol. The van der Waals surface area contributed by atoms with E-state index in [0.717, 1.165) is 29.2 Å². The fourth-order valence-corrected chi connectivity index (χ4v) is 9.27. The number of hydrogen-bond acceptors (Lipinski definition) is 2. The van der Waals surface area contributed by atoms with Crippen molar-refractivity contribution in [1.82, 2.24) is 4.57 Å². The van der Waals surface area contributed by atoms with Crippen LogP contribution in [0.3, 0.4) is 0 Å². The Morgan fingerprint density at radius 1 is 0.481 bits per heavy atom. The summed E-state index contributed by atoms with van der Waals surface area (Å²) in [5.41, 5.74) is 14.5. The molecule has 0 N–H and O–H groups in total. The highest BCUT2D eigenvalue weighted by Crippen LogP contribution is 2.43.